The van der Waals surface area contributed by atoms with Gasteiger partial charge in [-0.2, -0.15) is 0 Å². The van der Waals surface area contributed by atoms with E-state index < -0.39 is 23.8 Å². The first-order valence-corrected chi connectivity index (χ1v) is 6.00. The molecule has 0 rings (SSSR count). The van der Waals surface area contributed by atoms with Crippen LogP contribution in [0.4, 0.5) is 0 Å². The minimum absolute atomic E-state index is 0.441. The summed E-state index contributed by atoms with van der Waals surface area (Å²) in [4.78, 5) is 22.3. The Hall–Kier alpha value is -1.40. The van der Waals surface area contributed by atoms with Crippen molar-refractivity contribution in [2.45, 2.75) is 38.6 Å². The lowest BCUT2D eigenvalue weighted by Gasteiger charge is -2.34. The summed E-state index contributed by atoms with van der Waals surface area (Å²) in [7, 11) is 4.10. The van der Waals surface area contributed by atoms with E-state index >= 15 is 0 Å². The first-order chi connectivity index (χ1) is 8.95. The van der Waals surface area contributed by atoms with Crippen LogP contribution in [-0.2, 0) is 28.5 Å². The van der Waals surface area contributed by atoms with Crippen LogP contribution < -0.4 is 0 Å². The molecule has 0 aromatic rings. The normalized spacial score (nSPS) is 13.3. The van der Waals surface area contributed by atoms with Gasteiger partial charge in [-0.1, -0.05) is 13.3 Å². The summed E-state index contributed by atoms with van der Waals surface area (Å²) in [6.07, 6.45) is 3.22. The Bertz CT molecular complexity index is 319. The Morgan fingerprint density at radius 1 is 1.21 bits per heavy atom. The Morgan fingerprint density at radius 2 is 1.79 bits per heavy atom. The molecule has 1 unspecified atom stereocenters. The summed E-state index contributed by atoms with van der Waals surface area (Å²) in [5.41, 5.74) is 0. The van der Waals surface area contributed by atoms with Gasteiger partial charge in [-0.25, -0.2) is 4.79 Å². The van der Waals surface area contributed by atoms with E-state index in [0.717, 1.165) is 6.42 Å². The lowest BCUT2D eigenvalue weighted by atomic mass is 10.0. The highest BCUT2D eigenvalue weighted by Gasteiger charge is 2.39. The molecule has 0 aromatic heterocycles. The van der Waals surface area contributed by atoms with E-state index in [1.807, 2.05) is 6.92 Å². The second kappa shape index (κ2) is 8.66. The van der Waals surface area contributed by atoms with E-state index in [1.165, 1.54) is 40.4 Å². The average Bonchev–Trinajstić information content (AvgIpc) is 2.39. The topological polar surface area (TPSA) is 71.1 Å². The van der Waals surface area contributed by atoms with Crippen molar-refractivity contribution < 1.29 is 28.5 Å². The Morgan fingerprint density at radius 3 is 2.16 bits per heavy atom. The molecule has 0 aromatic carbocycles. The maximum Gasteiger partial charge on any atom is 0.330 e. The van der Waals surface area contributed by atoms with Crippen molar-refractivity contribution in [2.24, 2.45) is 0 Å². The third-order valence-corrected chi connectivity index (χ3v) is 2.60. The van der Waals surface area contributed by atoms with Gasteiger partial charge >= 0.3 is 11.9 Å². The molecule has 0 radical (unpaired) electrons. The Balaban J connectivity index is 5.23. The number of rotatable bonds is 8. The number of carbonyl (C=O) groups excluding carboxylic acids is 2. The van der Waals surface area contributed by atoms with Gasteiger partial charge in [0.1, 0.15) is 0 Å². The minimum atomic E-state index is -1.31. The molecule has 0 aliphatic rings. The first kappa shape index (κ1) is 17.6. The van der Waals surface area contributed by atoms with E-state index in [1.54, 1.807) is 0 Å². The molecular formula is C13H22O6. The van der Waals surface area contributed by atoms with Crippen molar-refractivity contribution >= 4 is 11.9 Å². The van der Waals surface area contributed by atoms with Crippen LogP contribution >= 0.6 is 0 Å². The highest BCUT2D eigenvalue weighted by molar-refractivity contribution is 5.81. The second-order valence-electron chi connectivity index (χ2n) is 3.87. The number of ether oxygens (including phenoxy) is 4. The van der Waals surface area contributed by atoms with E-state index in [4.69, 9.17) is 14.2 Å². The third-order valence-electron chi connectivity index (χ3n) is 2.60. The van der Waals surface area contributed by atoms with Gasteiger partial charge < -0.3 is 18.9 Å². The Kier molecular flexibility index (Phi) is 8.02. The second-order valence-corrected chi connectivity index (χ2v) is 3.87. The third kappa shape index (κ3) is 5.40. The van der Waals surface area contributed by atoms with E-state index in [2.05, 4.69) is 4.74 Å². The van der Waals surface area contributed by atoms with Crippen molar-refractivity contribution in [1.82, 2.24) is 0 Å². The van der Waals surface area contributed by atoms with Gasteiger partial charge in [0.15, 0.2) is 6.10 Å². The molecular weight excluding hydrogens is 252 g/mol. The van der Waals surface area contributed by atoms with Crippen LogP contribution in [0.25, 0.3) is 0 Å². The number of hydrogen-bond acceptors (Lipinski definition) is 6. The van der Waals surface area contributed by atoms with Gasteiger partial charge in [-0.3, -0.25) is 4.79 Å². The van der Waals surface area contributed by atoms with Gasteiger partial charge in [0.25, 0.3) is 0 Å². The number of carbonyl (C=O) groups is 2. The molecule has 0 saturated carbocycles. The van der Waals surface area contributed by atoms with Crippen LogP contribution in [0, 0.1) is 0 Å². The molecule has 0 amide bonds. The summed E-state index contributed by atoms with van der Waals surface area (Å²) < 4.78 is 20.3. The number of methoxy groups -OCH3 is 3. The maximum absolute atomic E-state index is 11.2. The predicted molar refractivity (Wildman–Crippen MR) is 68.4 cm³/mol. The molecule has 0 saturated heterocycles. The van der Waals surface area contributed by atoms with Gasteiger partial charge in [-0.15, -0.1) is 0 Å². The number of esters is 2. The fourth-order valence-corrected chi connectivity index (χ4v) is 1.65. The van der Waals surface area contributed by atoms with Gasteiger partial charge in [0.05, 0.1) is 7.11 Å². The molecule has 0 N–H and O–H groups in total. The fourth-order valence-electron chi connectivity index (χ4n) is 1.65. The summed E-state index contributed by atoms with van der Waals surface area (Å²) >= 11 is 0. The molecule has 0 aliphatic heterocycles. The predicted octanol–water partition coefficient (Wildman–Crippen LogP) is 1.44. The maximum atomic E-state index is 11.2. The number of hydrogen-bond donors (Lipinski definition) is 0. The van der Waals surface area contributed by atoms with Gasteiger partial charge in [0.2, 0.25) is 5.79 Å². The first-order valence-electron chi connectivity index (χ1n) is 6.00. The standard InChI is InChI=1S/C13H22O6/c1-6-7-11(19-10(2)14)13(17-4,18-5)9-8-12(15)16-3/h8-9,11H,6-7H2,1-5H3. The molecule has 0 heterocycles. The summed E-state index contributed by atoms with van der Waals surface area (Å²) in [6, 6.07) is 0. The monoisotopic (exact) mass is 274 g/mol. The van der Waals surface area contributed by atoms with Crippen LogP contribution in [0.15, 0.2) is 12.2 Å². The summed E-state index contributed by atoms with van der Waals surface area (Å²) in [5.74, 6) is -2.30. The van der Waals surface area contributed by atoms with Crippen LogP contribution in [0.1, 0.15) is 26.7 Å². The van der Waals surface area contributed by atoms with Crippen LogP contribution in [-0.4, -0.2) is 45.2 Å². The minimum Gasteiger partial charge on any atom is -0.466 e. The largest absolute Gasteiger partial charge is 0.466 e. The zero-order valence-electron chi connectivity index (χ0n) is 12.1. The quantitative estimate of drug-likeness (QED) is 0.379. The average molecular weight is 274 g/mol. The SMILES string of the molecule is CCCC(OC(C)=O)C(C=CC(=O)OC)(OC)OC. The smallest absolute Gasteiger partial charge is 0.330 e. The molecule has 19 heavy (non-hydrogen) atoms. The fraction of sp³-hybridized carbons (Fsp3) is 0.692. The molecule has 110 valence electrons. The zero-order valence-corrected chi connectivity index (χ0v) is 12.1. The van der Waals surface area contributed by atoms with Crippen molar-refractivity contribution in [3.05, 3.63) is 12.2 Å². The van der Waals surface area contributed by atoms with Crippen LogP contribution in [0.3, 0.4) is 0 Å². The van der Waals surface area contributed by atoms with Crippen molar-refractivity contribution in [3.63, 3.8) is 0 Å². The lowest BCUT2D eigenvalue weighted by molar-refractivity contribution is -0.237. The lowest BCUT2D eigenvalue weighted by Crippen LogP contribution is -2.46. The Labute approximate surface area is 113 Å². The van der Waals surface area contributed by atoms with E-state index in [9.17, 15) is 9.59 Å². The zero-order chi connectivity index (χ0) is 14.9. The molecule has 0 spiro atoms. The molecule has 0 bridgehead atoms. The summed E-state index contributed by atoms with van der Waals surface area (Å²) in [5, 5.41) is 0. The highest BCUT2D eigenvalue weighted by atomic mass is 16.7. The summed E-state index contributed by atoms with van der Waals surface area (Å²) in [6.45, 7) is 3.25. The van der Waals surface area contributed by atoms with E-state index in [0.29, 0.717) is 6.42 Å². The highest BCUT2D eigenvalue weighted by Crippen LogP contribution is 2.25. The van der Waals surface area contributed by atoms with Crippen molar-refractivity contribution in [2.75, 3.05) is 21.3 Å². The molecule has 1 atom stereocenters. The van der Waals surface area contributed by atoms with Crippen molar-refractivity contribution in [1.29, 1.82) is 0 Å². The van der Waals surface area contributed by atoms with Crippen molar-refractivity contribution in [3.8, 4) is 0 Å². The van der Waals surface area contributed by atoms with Crippen LogP contribution in [0.2, 0.25) is 0 Å². The molecule has 0 aliphatic carbocycles. The van der Waals surface area contributed by atoms with Crippen LogP contribution in [0.5, 0.6) is 0 Å². The van der Waals surface area contributed by atoms with Gasteiger partial charge in [-0.05, 0) is 12.5 Å². The molecule has 6 heteroatoms. The molecule has 6 nitrogen and oxygen atoms in total. The van der Waals surface area contributed by atoms with Gasteiger partial charge in [0, 0.05) is 27.2 Å². The molecule has 0 fully saturated rings. The van der Waals surface area contributed by atoms with E-state index in [-0.39, 0.29) is 0 Å².